The Balaban J connectivity index is 2.15. The lowest BCUT2D eigenvalue weighted by Crippen LogP contribution is -2.18. The third-order valence-electron chi connectivity index (χ3n) is 3.13. The van der Waals surface area contributed by atoms with Crippen molar-refractivity contribution in [3.05, 3.63) is 27.5 Å². The van der Waals surface area contributed by atoms with Crippen LogP contribution in [0.2, 0.25) is 15.3 Å². The molecule has 3 nitrogen and oxygen atoms in total. The number of ether oxygens (including phenoxy) is 1. The predicted octanol–water partition coefficient (Wildman–Crippen LogP) is 4.70. The molecule has 18 heavy (non-hydrogen) atoms. The maximum atomic E-state index is 6.26. The van der Waals surface area contributed by atoms with Gasteiger partial charge < -0.3 is 9.30 Å². The molecule has 96 valence electrons. The van der Waals surface area contributed by atoms with Gasteiger partial charge in [0.25, 0.3) is 0 Å². The first-order valence-electron chi connectivity index (χ1n) is 5.81. The molecule has 0 spiro atoms. The van der Waals surface area contributed by atoms with Crippen LogP contribution < -0.4 is 0 Å². The van der Waals surface area contributed by atoms with Gasteiger partial charge in [-0.05, 0) is 25.3 Å². The molecule has 2 aromatic heterocycles. The first kappa shape index (κ1) is 12.5. The fraction of sp³-hybridized carbons (Fsp3) is 0.417. The molecule has 0 radical (unpaired) electrons. The van der Waals surface area contributed by atoms with Crippen LogP contribution in [0.25, 0.3) is 11.0 Å². The highest BCUT2D eigenvalue weighted by Crippen LogP contribution is 2.34. The topological polar surface area (TPSA) is 27.1 Å². The molecule has 3 rings (SSSR count). The summed E-state index contributed by atoms with van der Waals surface area (Å²) in [5.74, 6) is 0. The zero-order chi connectivity index (χ0) is 12.7. The fourth-order valence-electron chi connectivity index (χ4n) is 2.29. The minimum Gasteiger partial charge on any atom is -0.358 e. The normalized spacial score (nSPS) is 20.5. The minimum absolute atomic E-state index is 0.0391. The van der Waals surface area contributed by atoms with Crippen LogP contribution in [0.3, 0.4) is 0 Å². The van der Waals surface area contributed by atoms with E-state index >= 15 is 0 Å². The molecule has 1 unspecified atom stereocenters. The fourth-order valence-corrected chi connectivity index (χ4v) is 2.88. The highest BCUT2D eigenvalue weighted by Gasteiger charge is 2.21. The first-order valence-corrected chi connectivity index (χ1v) is 6.94. The van der Waals surface area contributed by atoms with Crippen LogP contribution in [0.4, 0.5) is 0 Å². The van der Waals surface area contributed by atoms with Crippen LogP contribution in [-0.2, 0) is 4.74 Å². The lowest BCUT2D eigenvalue weighted by atomic mass is 10.2. The van der Waals surface area contributed by atoms with Gasteiger partial charge in [0.05, 0.1) is 16.1 Å². The second-order valence-corrected chi connectivity index (χ2v) is 5.48. The monoisotopic (exact) mass is 304 g/mol. The highest BCUT2D eigenvalue weighted by atomic mass is 35.5. The van der Waals surface area contributed by atoms with Gasteiger partial charge in [-0.15, -0.1) is 0 Å². The van der Waals surface area contributed by atoms with Crippen molar-refractivity contribution >= 4 is 45.8 Å². The molecule has 1 aliphatic rings. The summed E-state index contributed by atoms with van der Waals surface area (Å²) < 4.78 is 7.69. The summed E-state index contributed by atoms with van der Waals surface area (Å²) in [5.41, 5.74) is 1.60. The van der Waals surface area contributed by atoms with Gasteiger partial charge in [0, 0.05) is 12.7 Å². The summed E-state index contributed by atoms with van der Waals surface area (Å²) in [5, 5.41) is 1.32. The number of rotatable bonds is 1. The van der Waals surface area contributed by atoms with E-state index < -0.39 is 0 Å². The third-order valence-corrected chi connectivity index (χ3v) is 4.09. The molecule has 0 amide bonds. The van der Waals surface area contributed by atoms with Crippen molar-refractivity contribution < 1.29 is 4.74 Å². The van der Waals surface area contributed by atoms with E-state index in [0.29, 0.717) is 15.3 Å². The van der Waals surface area contributed by atoms with E-state index in [1.807, 2.05) is 4.57 Å². The molecule has 1 aliphatic heterocycles. The maximum absolute atomic E-state index is 6.26. The second kappa shape index (κ2) is 4.89. The Kier molecular flexibility index (Phi) is 3.41. The molecule has 0 saturated carbocycles. The van der Waals surface area contributed by atoms with Crippen molar-refractivity contribution in [3.8, 4) is 0 Å². The predicted molar refractivity (Wildman–Crippen MR) is 73.6 cm³/mol. The van der Waals surface area contributed by atoms with Gasteiger partial charge in [0.15, 0.2) is 0 Å². The summed E-state index contributed by atoms with van der Waals surface area (Å²) in [6.07, 6.45) is 3.14. The van der Waals surface area contributed by atoms with E-state index in [0.717, 1.165) is 36.9 Å². The van der Waals surface area contributed by atoms with E-state index in [-0.39, 0.29) is 6.23 Å². The lowest BCUT2D eigenvalue weighted by molar-refractivity contribution is -0.0290. The molecular formula is C12H11Cl3N2O. The molecule has 0 N–H and O–H groups in total. The van der Waals surface area contributed by atoms with Gasteiger partial charge in [-0.25, -0.2) is 4.98 Å². The van der Waals surface area contributed by atoms with Crippen molar-refractivity contribution in [1.82, 2.24) is 9.55 Å². The summed E-state index contributed by atoms with van der Waals surface area (Å²) in [4.78, 5) is 4.22. The molecule has 0 aliphatic carbocycles. The van der Waals surface area contributed by atoms with Gasteiger partial charge in [0.2, 0.25) is 0 Å². The summed E-state index contributed by atoms with van der Waals surface area (Å²) in [6.45, 7) is 0.759. The number of hydrogen-bond acceptors (Lipinski definition) is 2. The average molecular weight is 306 g/mol. The smallest absolute Gasteiger partial charge is 0.148 e. The summed E-state index contributed by atoms with van der Waals surface area (Å²) in [7, 11) is 0. The van der Waals surface area contributed by atoms with Crippen LogP contribution in [0.5, 0.6) is 0 Å². The minimum atomic E-state index is -0.0391. The van der Waals surface area contributed by atoms with Gasteiger partial charge in [-0.1, -0.05) is 34.8 Å². The van der Waals surface area contributed by atoms with E-state index in [1.54, 1.807) is 12.1 Å². The first-order chi connectivity index (χ1) is 8.66. The van der Waals surface area contributed by atoms with Crippen molar-refractivity contribution in [2.75, 3.05) is 6.61 Å². The third kappa shape index (κ3) is 2.10. The van der Waals surface area contributed by atoms with Gasteiger partial charge in [-0.2, -0.15) is 0 Å². The zero-order valence-electron chi connectivity index (χ0n) is 9.50. The molecule has 1 fully saturated rings. The molecular weight excluding hydrogens is 295 g/mol. The van der Waals surface area contributed by atoms with Crippen molar-refractivity contribution in [3.63, 3.8) is 0 Å². The van der Waals surface area contributed by atoms with Gasteiger partial charge in [0.1, 0.15) is 16.5 Å². The quantitative estimate of drug-likeness (QED) is 0.714. The molecule has 6 heteroatoms. The average Bonchev–Trinajstić information content (AvgIpc) is 2.66. The molecule has 3 heterocycles. The summed E-state index contributed by atoms with van der Waals surface area (Å²) >= 11 is 18.2. The Morgan fingerprint density at radius 1 is 1.22 bits per heavy atom. The van der Waals surface area contributed by atoms with Crippen LogP contribution in [-0.4, -0.2) is 16.2 Å². The molecule has 2 aromatic rings. The van der Waals surface area contributed by atoms with Gasteiger partial charge in [-0.3, -0.25) is 0 Å². The van der Waals surface area contributed by atoms with Crippen LogP contribution in [0.1, 0.15) is 25.5 Å². The molecule has 1 saturated heterocycles. The van der Waals surface area contributed by atoms with E-state index in [1.165, 1.54) is 0 Å². The molecule has 0 bridgehead atoms. The van der Waals surface area contributed by atoms with Crippen LogP contribution in [0.15, 0.2) is 12.1 Å². The summed E-state index contributed by atoms with van der Waals surface area (Å²) in [6, 6.07) is 3.58. The number of aromatic nitrogens is 2. The highest BCUT2D eigenvalue weighted by molar-refractivity contribution is 6.41. The van der Waals surface area contributed by atoms with Crippen molar-refractivity contribution in [2.24, 2.45) is 0 Å². The van der Waals surface area contributed by atoms with Gasteiger partial charge >= 0.3 is 0 Å². The van der Waals surface area contributed by atoms with E-state index in [2.05, 4.69) is 4.98 Å². The maximum Gasteiger partial charge on any atom is 0.148 e. The van der Waals surface area contributed by atoms with Crippen molar-refractivity contribution in [1.29, 1.82) is 0 Å². The van der Waals surface area contributed by atoms with E-state index in [4.69, 9.17) is 39.5 Å². The van der Waals surface area contributed by atoms with E-state index in [9.17, 15) is 0 Å². The number of hydrogen-bond donors (Lipinski definition) is 0. The number of halogens is 3. The van der Waals surface area contributed by atoms with Crippen LogP contribution >= 0.6 is 34.8 Å². The Morgan fingerprint density at radius 3 is 2.78 bits per heavy atom. The zero-order valence-corrected chi connectivity index (χ0v) is 11.8. The number of nitrogens with zero attached hydrogens (tertiary/aromatic N) is 2. The Labute approximate surface area is 120 Å². The Hall–Kier alpha value is -0.480. The number of fused-ring (bicyclic) bond motifs is 1. The SMILES string of the molecule is Clc1cc2c(cc(Cl)n2C2CCCCO2)nc1Cl. The van der Waals surface area contributed by atoms with Crippen molar-refractivity contribution in [2.45, 2.75) is 25.5 Å². The van der Waals surface area contributed by atoms with Crippen LogP contribution in [0, 0.1) is 0 Å². The Bertz CT molecular complexity index is 591. The lowest BCUT2D eigenvalue weighted by Gasteiger charge is -2.25. The number of pyridine rings is 1. The standard InChI is InChI=1S/C12H11Cl3N2O/c13-7-5-9-8(16-12(7)15)6-10(14)17(9)11-3-1-2-4-18-11/h5-6,11H,1-4H2. The molecule has 1 atom stereocenters. The largest absolute Gasteiger partial charge is 0.358 e. The second-order valence-electron chi connectivity index (χ2n) is 4.32. The Morgan fingerprint density at radius 2 is 2.06 bits per heavy atom. The molecule has 0 aromatic carbocycles.